The Hall–Kier alpha value is -2.68. The van der Waals surface area contributed by atoms with E-state index in [1.54, 1.807) is 0 Å². The number of aryl methyl sites for hydroxylation is 1. The van der Waals surface area contributed by atoms with Crippen molar-refractivity contribution in [2.75, 3.05) is 19.7 Å². The molecule has 0 N–H and O–H groups in total. The molecule has 0 bridgehead atoms. The molecule has 8 heteroatoms. The molecule has 1 aromatic rings. The van der Waals surface area contributed by atoms with Crippen LogP contribution in [0.15, 0.2) is 10.5 Å². The fraction of sp³-hybridized carbons (Fsp3) is 0.744. The fourth-order valence-electron chi connectivity index (χ4n) is 9.18. The van der Waals surface area contributed by atoms with Crippen molar-refractivity contribution in [2.45, 2.75) is 161 Å². The molecule has 1 aliphatic carbocycles. The first-order valence-electron chi connectivity index (χ1n) is 18.0. The number of rotatable bonds is 12. The summed E-state index contributed by atoms with van der Waals surface area (Å²) in [5.41, 5.74) is 1.34. The van der Waals surface area contributed by atoms with Crippen LogP contribution in [0.1, 0.15) is 144 Å². The Kier molecular flexibility index (Phi) is 11.7. The van der Waals surface area contributed by atoms with E-state index in [0.717, 1.165) is 42.8 Å². The van der Waals surface area contributed by atoms with Gasteiger partial charge in [0, 0.05) is 55.7 Å². The van der Waals surface area contributed by atoms with Gasteiger partial charge in [-0.3, -0.25) is 9.69 Å². The van der Waals surface area contributed by atoms with E-state index in [-0.39, 0.29) is 35.4 Å². The molecule has 1 aromatic heterocycles. The van der Waals surface area contributed by atoms with Crippen LogP contribution in [0.3, 0.4) is 0 Å². The van der Waals surface area contributed by atoms with E-state index in [0.29, 0.717) is 55.6 Å². The Morgan fingerprint density at radius 1 is 1.04 bits per heavy atom. The van der Waals surface area contributed by atoms with Crippen molar-refractivity contribution in [2.24, 2.45) is 5.41 Å². The lowest BCUT2D eigenvalue weighted by Gasteiger charge is -2.45. The predicted molar refractivity (Wildman–Crippen MR) is 190 cm³/mol. The largest absolute Gasteiger partial charge is 0.464 e. The molecule has 3 heterocycles. The molecule has 1 spiro atoms. The van der Waals surface area contributed by atoms with Gasteiger partial charge in [-0.25, -0.2) is 4.79 Å². The second-order valence-corrected chi connectivity index (χ2v) is 21.4. The van der Waals surface area contributed by atoms with Gasteiger partial charge in [0.05, 0.1) is 12.6 Å². The highest BCUT2D eigenvalue weighted by Crippen LogP contribution is 2.67. The average molecular weight is 665 g/mol. The Labute approximate surface area is 286 Å². The van der Waals surface area contributed by atoms with Gasteiger partial charge in [-0.15, -0.1) is 23.7 Å². The van der Waals surface area contributed by atoms with Gasteiger partial charge in [0.15, 0.2) is 8.32 Å². The van der Waals surface area contributed by atoms with Crippen LogP contribution >= 0.6 is 0 Å². The fourth-order valence-corrected chi connectivity index (χ4v) is 14.7. The van der Waals surface area contributed by atoms with Crippen molar-refractivity contribution in [1.82, 2.24) is 9.80 Å². The van der Waals surface area contributed by atoms with Crippen molar-refractivity contribution in [3.63, 3.8) is 0 Å². The average Bonchev–Trinajstić information content (AvgIpc) is 3.58. The monoisotopic (exact) mass is 664 g/mol. The van der Waals surface area contributed by atoms with E-state index in [2.05, 4.69) is 76.2 Å². The highest BCUT2D eigenvalue weighted by Gasteiger charge is 2.67. The van der Waals surface area contributed by atoms with Crippen LogP contribution < -0.4 is 0 Å². The van der Waals surface area contributed by atoms with Crippen molar-refractivity contribution in [3.05, 3.63) is 23.2 Å². The lowest BCUT2D eigenvalue weighted by molar-refractivity contribution is -0.139. The van der Waals surface area contributed by atoms with E-state index < -0.39 is 13.9 Å². The van der Waals surface area contributed by atoms with E-state index in [1.807, 2.05) is 39.5 Å². The van der Waals surface area contributed by atoms with Gasteiger partial charge >= 0.3 is 6.09 Å². The van der Waals surface area contributed by atoms with Crippen LogP contribution in [-0.2, 0) is 20.4 Å². The van der Waals surface area contributed by atoms with Gasteiger partial charge < -0.3 is 18.5 Å². The zero-order valence-electron chi connectivity index (χ0n) is 31.0. The van der Waals surface area contributed by atoms with Crippen LogP contribution in [0.2, 0.25) is 16.6 Å². The maximum absolute atomic E-state index is 14.4. The summed E-state index contributed by atoms with van der Waals surface area (Å²) >= 11 is 0. The molecule has 2 fully saturated rings. The van der Waals surface area contributed by atoms with Gasteiger partial charge in [0.2, 0.25) is 5.91 Å². The zero-order valence-corrected chi connectivity index (χ0v) is 32.0. The van der Waals surface area contributed by atoms with Gasteiger partial charge in [0.25, 0.3) is 0 Å². The molecule has 1 unspecified atom stereocenters. The minimum absolute atomic E-state index is 0.0239. The minimum atomic E-state index is -2.22. The number of unbranched alkanes of at least 4 members (excludes halogenated alkanes) is 2. The number of furan rings is 1. The number of fused-ring (bicyclic) bond motifs is 3. The van der Waals surface area contributed by atoms with Crippen LogP contribution in [0.25, 0.3) is 0 Å². The molecule has 2 amide bonds. The highest BCUT2D eigenvalue weighted by atomic mass is 28.4. The third-order valence-electron chi connectivity index (χ3n) is 10.9. The Balaban J connectivity index is 1.78. The lowest BCUT2D eigenvalue weighted by Crippen LogP contribution is -2.51. The summed E-state index contributed by atoms with van der Waals surface area (Å²) < 4.78 is 20.1. The number of hydrogen-bond donors (Lipinski definition) is 0. The number of amides is 2. The zero-order chi connectivity index (χ0) is 34.7. The number of nitrogens with zero attached hydrogens (tertiary/aromatic N) is 2. The SMILES string of the molecule is CC#CCCCCN1C[C@]23C[C@H](CO[Si](C(C)C)(C(C)C)C(C)C)N(C(=O)OC(C)(C)C)[C@@H]2c2oc(CCC#CC)cc2C3CC1=O. The van der Waals surface area contributed by atoms with Crippen LogP contribution in [-0.4, -0.2) is 61.5 Å². The van der Waals surface area contributed by atoms with Crippen molar-refractivity contribution in [3.8, 4) is 23.7 Å². The van der Waals surface area contributed by atoms with Crippen molar-refractivity contribution < 1.29 is 23.2 Å². The van der Waals surface area contributed by atoms with Crippen LogP contribution in [0.4, 0.5) is 4.79 Å². The predicted octanol–water partition coefficient (Wildman–Crippen LogP) is 8.99. The molecule has 2 aliphatic heterocycles. The molecular formula is C39H60N2O5Si. The molecular weight excluding hydrogens is 605 g/mol. The van der Waals surface area contributed by atoms with Gasteiger partial charge in [-0.05, 0) is 76.6 Å². The summed E-state index contributed by atoms with van der Waals surface area (Å²) in [5.74, 6) is 14.1. The standard InChI is InChI=1S/C39H60N2O5Si/c1-12-14-16-17-19-21-40-26-39-24-30(25-44-47(27(3)4,28(5)6)29(7)8)41(37(43)46-38(9,10)11)36(39)35-32(33(39)23-34(40)42)22-31(45-35)20-18-15-13-2/h22,27-30,33,36H,16-21,23-26H2,1-11H3/t30-,33?,36-,39+/m1/s1. The van der Waals surface area contributed by atoms with Crippen molar-refractivity contribution in [1.29, 1.82) is 0 Å². The molecule has 4 rings (SSSR count). The van der Waals surface area contributed by atoms with E-state index in [4.69, 9.17) is 13.6 Å². The summed E-state index contributed by atoms with van der Waals surface area (Å²) in [6.45, 7) is 25.0. The molecule has 7 nitrogen and oxygen atoms in total. The Morgan fingerprint density at radius 2 is 1.68 bits per heavy atom. The first kappa shape index (κ1) is 37.1. The number of piperidine rings is 1. The quantitative estimate of drug-likeness (QED) is 0.127. The normalized spacial score (nSPS) is 23.8. The van der Waals surface area contributed by atoms with E-state index in [1.165, 1.54) is 0 Å². The molecule has 2 saturated heterocycles. The summed E-state index contributed by atoms with van der Waals surface area (Å²) in [4.78, 5) is 32.1. The maximum Gasteiger partial charge on any atom is 0.411 e. The highest BCUT2D eigenvalue weighted by molar-refractivity contribution is 6.77. The summed E-state index contributed by atoms with van der Waals surface area (Å²) in [6, 6.07) is 1.63. The molecule has 4 atom stereocenters. The molecule has 47 heavy (non-hydrogen) atoms. The van der Waals surface area contributed by atoms with Gasteiger partial charge in [-0.2, -0.15) is 0 Å². The van der Waals surface area contributed by atoms with E-state index in [9.17, 15) is 9.59 Å². The minimum Gasteiger partial charge on any atom is -0.464 e. The Bertz CT molecular complexity index is 1380. The Morgan fingerprint density at radius 3 is 2.28 bits per heavy atom. The number of ether oxygens (including phenoxy) is 1. The number of carbonyl (C=O) groups is 2. The second-order valence-electron chi connectivity index (χ2n) is 15.9. The first-order valence-corrected chi connectivity index (χ1v) is 20.1. The third-order valence-corrected chi connectivity index (χ3v) is 17.0. The molecule has 0 saturated carbocycles. The van der Waals surface area contributed by atoms with Crippen LogP contribution in [0.5, 0.6) is 0 Å². The van der Waals surface area contributed by atoms with Crippen LogP contribution in [0, 0.1) is 29.1 Å². The second kappa shape index (κ2) is 14.8. The van der Waals surface area contributed by atoms with Gasteiger partial charge in [-0.1, -0.05) is 41.5 Å². The molecule has 0 radical (unpaired) electrons. The number of carbonyl (C=O) groups excluding carboxylic acids is 2. The summed E-state index contributed by atoms with van der Waals surface area (Å²) in [7, 11) is -2.22. The first-order chi connectivity index (χ1) is 22.1. The molecule has 0 aromatic carbocycles. The van der Waals surface area contributed by atoms with Gasteiger partial charge in [0.1, 0.15) is 23.2 Å². The number of hydrogen-bond acceptors (Lipinski definition) is 5. The number of likely N-dealkylation sites (tertiary alicyclic amines) is 2. The smallest absolute Gasteiger partial charge is 0.411 e. The summed E-state index contributed by atoms with van der Waals surface area (Å²) in [6.07, 6.45) is 4.95. The summed E-state index contributed by atoms with van der Waals surface area (Å²) in [5, 5.41) is 0. The maximum atomic E-state index is 14.4. The lowest BCUT2D eigenvalue weighted by atomic mass is 9.68. The molecule has 260 valence electrons. The topological polar surface area (TPSA) is 72.2 Å². The van der Waals surface area contributed by atoms with E-state index >= 15 is 0 Å². The van der Waals surface area contributed by atoms with Crippen molar-refractivity contribution >= 4 is 20.3 Å². The molecule has 3 aliphatic rings. The third kappa shape index (κ3) is 7.35.